The normalized spacial score (nSPS) is 18.7. The Hall–Kier alpha value is -0.200. The molecule has 1 saturated heterocycles. The van der Waals surface area contributed by atoms with E-state index in [2.05, 4.69) is 0 Å². The molecule has 0 bridgehead atoms. The summed E-state index contributed by atoms with van der Waals surface area (Å²) in [6.07, 6.45) is -0.196. The number of hydrogen-bond donors (Lipinski definition) is 2. The van der Waals surface area contributed by atoms with E-state index in [9.17, 15) is 0 Å². The lowest BCUT2D eigenvalue weighted by Gasteiger charge is -2.22. The first-order chi connectivity index (χ1) is 6.36. The monoisotopic (exact) mass is 191 g/mol. The van der Waals surface area contributed by atoms with Gasteiger partial charge in [0.25, 0.3) is 0 Å². The second-order valence-corrected chi connectivity index (χ2v) is 2.92. The maximum Gasteiger partial charge on any atom is 0.170 e. The molecule has 0 saturated carbocycles. The zero-order valence-electron chi connectivity index (χ0n) is 7.69. The van der Waals surface area contributed by atoms with Gasteiger partial charge in [-0.05, 0) is 0 Å². The molecule has 1 heterocycles. The van der Waals surface area contributed by atoms with Crippen LogP contribution >= 0.6 is 0 Å². The van der Waals surface area contributed by atoms with Crippen LogP contribution in [0.25, 0.3) is 0 Å². The molecule has 0 spiro atoms. The van der Waals surface area contributed by atoms with Gasteiger partial charge in [-0.3, -0.25) is 4.90 Å². The molecule has 1 fully saturated rings. The van der Waals surface area contributed by atoms with Crippen molar-refractivity contribution in [3.63, 3.8) is 0 Å². The Balaban J connectivity index is 2.19. The predicted molar refractivity (Wildman–Crippen MR) is 46.3 cm³/mol. The van der Waals surface area contributed by atoms with Gasteiger partial charge in [0, 0.05) is 19.6 Å². The van der Waals surface area contributed by atoms with Crippen LogP contribution in [0.5, 0.6) is 0 Å². The zero-order chi connectivity index (χ0) is 9.52. The first kappa shape index (κ1) is 10.9. The molecule has 2 N–H and O–H groups in total. The highest BCUT2D eigenvalue weighted by Gasteiger charge is 2.18. The Morgan fingerprint density at radius 2 is 1.62 bits per heavy atom. The summed E-state index contributed by atoms with van der Waals surface area (Å²) in [6, 6.07) is 0. The Morgan fingerprint density at radius 3 is 2.08 bits per heavy atom. The van der Waals surface area contributed by atoms with Crippen LogP contribution in [0.1, 0.15) is 0 Å². The van der Waals surface area contributed by atoms with Crippen molar-refractivity contribution >= 4 is 0 Å². The standard InChI is InChI=1S/C8H17NO4/c10-3-1-9(2-4-11)7-8-12-5-6-13-8/h8,10-11H,1-7H2. The van der Waals surface area contributed by atoms with Crippen LogP contribution in [0.15, 0.2) is 0 Å². The van der Waals surface area contributed by atoms with Crippen LogP contribution in [0.3, 0.4) is 0 Å². The van der Waals surface area contributed by atoms with Crippen molar-refractivity contribution in [3.8, 4) is 0 Å². The highest BCUT2D eigenvalue weighted by molar-refractivity contribution is 4.61. The molecule has 5 nitrogen and oxygen atoms in total. The molecule has 0 aromatic rings. The molecule has 1 aliphatic rings. The molecular weight excluding hydrogens is 174 g/mol. The molecule has 0 amide bonds. The minimum Gasteiger partial charge on any atom is -0.395 e. The number of nitrogens with zero attached hydrogens (tertiary/aromatic N) is 1. The van der Waals surface area contributed by atoms with Gasteiger partial charge >= 0.3 is 0 Å². The van der Waals surface area contributed by atoms with E-state index in [0.717, 1.165) is 0 Å². The van der Waals surface area contributed by atoms with Crippen molar-refractivity contribution in [2.45, 2.75) is 6.29 Å². The molecule has 5 heteroatoms. The van der Waals surface area contributed by atoms with Crippen LogP contribution in [-0.2, 0) is 9.47 Å². The molecule has 13 heavy (non-hydrogen) atoms. The second kappa shape index (κ2) is 6.28. The summed E-state index contributed by atoms with van der Waals surface area (Å²) in [5, 5.41) is 17.5. The van der Waals surface area contributed by atoms with Gasteiger partial charge in [0.2, 0.25) is 0 Å². The zero-order valence-corrected chi connectivity index (χ0v) is 7.69. The van der Waals surface area contributed by atoms with Gasteiger partial charge < -0.3 is 19.7 Å². The lowest BCUT2D eigenvalue weighted by Crippen LogP contribution is -2.37. The third-order valence-electron chi connectivity index (χ3n) is 1.93. The summed E-state index contributed by atoms with van der Waals surface area (Å²) in [4.78, 5) is 1.91. The van der Waals surface area contributed by atoms with Gasteiger partial charge in [-0.15, -0.1) is 0 Å². The van der Waals surface area contributed by atoms with Gasteiger partial charge in [0.15, 0.2) is 6.29 Å². The quantitative estimate of drug-likeness (QED) is 0.543. The smallest absolute Gasteiger partial charge is 0.170 e. The number of ether oxygens (including phenoxy) is 2. The maximum absolute atomic E-state index is 8.73. The number of rotatable bonds is 6. The molecule has 0 atom stereocenters. The summed E-state index contributed by atoms with van der Waals surface area (Å²) in [5.41, 5.74) is 0. The number of aliphatic hydroxyl groups excluding tert-OH is 2. The van der Waals surface area contributed by atoms with Crippen LogP contribution in [0.4, 0.5) is 0 Å². The van der Waals surface area contributed by atoms with E-state index in [4.69, 9.17) is 19.7 Å². The Bertz CT molecular complexity index is 121. The van der Waals surface area contributed by atoms with Crippen LogP contribution in [-0.4, -0.2) is 67.5 Å². The van der Waals surface area contributed by atoms with Crippen LogP contribution in [0.2, 0.25) is 0 Å². The van der Waals surface area contributed by atoms with Gasteiger partial charge in [-0.2, -0.15) is 0 Å². The van der Waals surface area contributed by atoms with Gasteiger partial charge in [-0.25, -0.2) is 0 Å². The van der Waals surface area contributed by atoms with Gasteiger partial charge in [-0.1, -0.05) is 0 Å². The Labute approximate surface area is 77.9 Å². The van der Waals surface area contributed by atoms with Crippen molar-refractivity contribution in [2.75, 3.05) is 46.1 Å². The summed E-state index contributed by atoms with van der Waals surface area (Å²) >= 11 is 0. The number of aliphatic hydroxyl groups is 2. The average molecular weight is 191 g/mol. The van der Waals surface area contributed by atoms with Crippen molar-refractivity contribution < 1.29 is 19.7 Å². The molecule has 0 aromatic heterocycles. The summed E-state index contributed by atoms with van der Waals surface area (Å²) < 4.78 is 10.5. The second-order valence-electron chi connectivity index (χ2n) is 2.92. The van der Waals surface area contributed by atoms with E-state index in [1.165, 1.54) is 0 Å². The average Bonchev–Trinajstić information content (AvgIpc) is 2.58. The van der Waals surface area contributed by atoms with E-state index < -0.39 is 0 Å². The maximum atomic E-state index is 8.73. The molecule has 78 valence electrons. The predicted octanol–water partition coefficient (Wildman–Crippen LogP) is -1.35. The molecule has 0 aromatic carbocycles. The fraction of sp³-hybridized carbons (Fsp3) is 1.00. The molecular formula is C8H17NO4. The van der Waals surface area contributed by atoms with Gasteiger partial charge in [0.05, 0.1) is 26.4 Å². The lowest BCUT2D eigenvalue weighted by molar-refractivity contribution is -0.0648. The van der Waals surface area contributed by atoms with E-state index in [1.54, 1.807) is 0 Å². The fourth-order valence-electron chi connectivity index (χ4n) is 1.30. The third kappa shape index (κ3) is 4.02. The minimum atomic E-state index is -0.196. The van der Waals surface area contributed by atoms with Gasteiger partial charge in [0.1, 0.15) is 0 Å². The molecule has 0 unspecified atom stereocenters. The summed E-state index contributed by atoms with van der Waals surface area (Å²) in [5.74, 6) is 0. The van der Waals surface area contributed by atoms with Crippen LogP contribution in [0, 0.1) is 0 Å². The van der Waals surface area contributed by atoms with E-state index in [0.29, 0.717) is 32.8 Å². The Kier molecular flexibility index (Phi) is 5.26. The van der Waals surface area contributed by atoms with Crippen molar-refractivity contribution in [3.05, 3.63) is 0 Å². The molecule has 1 aliphatic heterocycles. The molecule has 0 aliphatic carbocycles. The third-order valence-corrected chi connectivity index (χ3v) is 1.93. The summed E-state index contributed by atoms with van der Waals surface area (Å²) in [6.45, 7) is 3.15. The molecule has 0 radical (unpaired) electrons. The topological polar surface area (TPSA) is 62.2 Å². The summed E-state index contributed by atoms with van der Waals surface area (Å²) in [7, 11) is 0. The minimum absolute atomic E-state index is 0.0900. The van der Waals surface area contributed by atoms with Crippen molar-refractivity contribution in [1.82, 2.24) is 4.90 Å². The highest BCUT2D eigenvalue weighted by atomic mass is 16.7. The first-order valence-corrected chi connectivity index (χ1v) is 4.54. The number of hydrogen-bond acceptors (Lipinski definition) is 5. The van der Waals surface area contributed by atoms with Crippen molar-refractivity contribution in [2.24, 2.45) is 0 Å². The van der Waals surface area contributed by atoms with Crippen LogP contribution < -0.4 is 0 Å². The van der Waals surface area contributed by atoms with E-state index in [-0.39, 0.29) is 19.5 Å². The fourth-order valence-corrected chi connectivity index (χ4v) is 1.30. The SMILES string of the molecule is OCCN(CCO)CC1OCCO1. The lowest BCUT2D eigenvalue weighted by atomic mass is 10.4. The van der Waals surface area contributed by atoms with Crippen molar-refractivity contribution in [1.29, 1.82) is 0 Å². The first-order valence-electron chi connectivity index (χ1n) is 4.54. The van der Waals surface area contributed by atoms with E-state index >= 15 is 0 Å². The molecule has 1 rings (SSSR count). The van der Waals surface area contributed by atoms with E-state index in [1.807, 2.05) is 4.90 Å². The largest absolute Gasteiger partial charge is 0.395 e. The Morgan fingerprint density at radius 1 is 1.08 bits per heavy atom. The highest BCUT2D eigenvalue weighted by Crippen LogP contribution is 2.05.